The Morgan fingerprint density at radius 3 is 2.50 bits per heavy atom. The first kappa shape index (κ1) is 11.6. The van der Waals surface area contributed by atoms with E-state index in [2.05, 4.69) is 42.8 Å². The van der Waals surface area contributed by atoms with Crippen molar-refractivity contribution in [3.63, 3.8) is 0 Å². The van der Waals surface area contributed by atoms with Gasteiger partial charge in [0.2, 0.25) is 0 Å². The lowest BCUT2D eigenvalue weighted by atomic mass is 9.82. The third-order valence-electron chi connectivity index (χ3n) is 2.76. The molecule has 0 aliphatic carbocycles. The Labute approximate surface area is 94.6 Å². The molecule has 0 N–H and O–H groups in total. The summed E-state index contributed by atoms with van der Waals surface area (Å²) in [6.45, 7) is 6.66. The van der Waals surface area contributed by atoms with E-state index in [1.807, 2.05) is 12.1 Å². The van der Waals surface area contributed by atoms with Gasteiger partial charge in [-0.05, 0) is 24.0 Å². The molecule has 0 saturated heterocycles. The van der Waals surface area contributed by atoms with Crippen molar-refractivity contribution in [2.45, 2.75) is 32.6 Å². The molecular weight excluding hydrogens is 240 g/mol. The van der Waals surface area contributed by atoms with Gasteiger partial charge in [0.15, 0.2) is 0 Å². The van der Waals surface area contributed by atoms with E-state index in [-0.39, 0.29) is 5.41 Å². The zero-order chi connectivity index (χ0) is 10.8. The molecule has 1 aromatic carbocycles. The van der Waals surface area contributed by atoms with Gasteiger partial charge in [-0.2, -0.15) is 0 Å². The molecule has 0 aliphatic heterocycles. The fourth-order valence-electron chi connectivity index (χ4n) is 1.51. The highest BCUT2D eigenvalue weighted by Gasteiger charge is 2.24. The molecule has 1 aromatic rings. The summed E-state index contributed by atoms with van der Waals surface area (Å²) in [6.07, 6.45) is 1.09. The second-order valence-corrected chi connectivity index (χ2v) is 4.91. The van der Waals surface area contributed by atoms with Crippen LogP contribution in [0, 0.1) is 0 Å². The highest BCUT2D eigenvalue weighted by molar-refractivity contribution is 9.10. The van der Waals surface area contributed by atoms with Gasteiger partial charge in [-0.15, -0.1) is 0 Å². The van der Waals surface area contributed by atoms with Gasteiger partial charge in [-0.3, -0.25) is 0 Å². The summed E-state index contributed by atoms with van der Waals surface area (Å²) in [7, 11) is 1.72. The van der Waals surface area contributed by atoms with Crippen molar-refractivity contribution in [2.75, 3.05) is 7.11 Å². The van der Waals surface area contributed by atoms with E-state index >= 15 is 0 Å². The second-order valence-electron chi connectivity index (χ2n) is 4.05. The fourth-order valence-corrected chi connectivity index (χ4v) is 2.39. The molecule has 0 amide bonds. The topological polar surface area (TPSA) is 9.23 Å². The van der Waals surface area contributed by atoms with Crippen molar-refractivity contribution in [1.82, 2.24) is 0 Å². The van der Waals surface area contributed by atoms with Crippen LogP contribution in [0.15, 0.2) is 22.7 Å². The number of rotatable bonds is 3. The molecule has 0 fully saturated rings. The third kappa shape index (κ3) is 2.11. The Morgan fingerprint density at radius 1 is 1.36 bits per heavy atom. The number of methoxy groups -OCH3 is 1. The van der Waals surface area contributed by atoms with E-state index in [9.17, 15) is 0 Å². The average molecular weight is 257 g/mol. The van der Waals surface area contributed by atoms with Crippen molar-refractivity contribution in [1.29, 1.82) is 0 Å². The molecule has 2 heteroatoms. The molecule has 78 valence electrons. The smallest absolute Gasteiger partial charge is 0.123 e. The molecule has 14 heavy (non-hydrogen) atoms. The number of ether oxygens (including phenoxy) is 1. The van der Waals surface area contributed by atoms with E-state index in [1.54, 1.807) is 7.11 Å². The van der Waals surface area contributed by atoms with Crippen LogP contribution < -0.4 is 4.74 Å². The van der Waals surface area contributed by atoms with Gasteiger partial charge in [0.25, 0.3) is 0 Å². The van der Waals surface area contributed by atoms with Crippen LogP contribution in [0.1, 0.15) is 32.8 Å². The number of halogens is 1. The summed E-state index contributed by atoms with van der Waals surface area (Å²) in [5, 5.41) is 0. The molecule has 0 bridgehead atoms. The largest absolute Gasteiger partial charge is 0.496 e. The summed E-state index contributed by atoms with van der Waals surface area (Å²) in [6, 6.07) is 6.07. The molecule has 1 nitrogen and oxygen atoms in total. The highest BCUT2D eigenvalue weighted by atomic mass is 79.9. The maximum absolute atomic E-state index is 5.38. The van der Waals surface area contributed by atoms with E-state index in [0.29, 0.717) is 0 Å². The zero-order valence-corrected chi connectivity index (χ0v) is 10.8. The maximum atomic E-state index is 5.38. The molecule has 0 unspecified atom stereocenters. The minimum atomic E-state index is 0.144. The molecule has 0 atom stereocenters. The minimum Gasteiger partial charge on any atom is -0.496 e. The molecule has 0 saturated carbocycles. The molecule has 0 heterocycles. The van der Waals surface area contributed by atoms with Crippen molar-refractivity contribution in [2.24, 2.45) is 0 Å². The average Bonchev–Trinajstić information content (AvgIpc) is 2.17. The second kappa shape index (κ2) is 4.35. The summed E-state index contributed by atoms with van der Waals surface area (Å²) in [5.41, 5.74) is 1.40. The SMILES string of the molecule is CCC(C)(C)c1c(Br)cccc1OC. The molecule has 0 spiro atoms. The predicted molar refractivity (Wildman–Crippen MR) is 64.0 cm³/mol. The van der Waals surface area contributed by atoms with Crippen molar-refractivity contribution < 1.29 is 4.74 Å². The van der Waals surface area contributed by atoms with Crippen LogP contribution in [0.4, 0.5) is 0 Å². The van der Waals surface area contributed by atoms with Crippen LogP contribution in [-0.2, 0) is 5.41 Å². The Morgan fingerprint density at radius 2 is 2.00 bits per heavy atom. The molecule has 1 rings (SSSR count). The van der Waals surface area contributed by atoms with Crippen molar-refractivity contribution in [3.8, 4) is 5.75 Å². The quantitative estimate of drug-likeness (QED) is 0.790. The van der Waals surface area contributed by atoms with Crippen LogP contribution in [0.3, 0.4) is 0 Å². The van der Waals surface area contributed by atoms with Crippen LogP contribution in [0.25, 0.3) is 0 Å². The standard InChI is InChI=1S/C12H17BrO/c1-5-12(2,3)11-9(13)7-6-8-10(11)14-4/h6-8H,5H2,1-4H3. The summed E-state index contributed by atoms with van der Waals surface area (Å²) in [4.78, 5) is 0. The van der Waals surface area contributed by atoms with Crippen molar-refractivity contribution >= 4 is 15.9 Å². The first-order valence-corrected chi connectivity index (χ1v) is 5.65. The summed E-state index contributed by atoms with van der Waals surface area (Å²) >= 11 is 3.58. The van der Waals surface area contributed by atoms with Gasteiger partial charge >= 0.3 is 0 Å². The lowest BCUT2D eigenvalue weighted by Gasteiger charge is -2.26. The summed E-state index contributed by atoms with van der Waals surface area (Å²) in [5.74, 6) is 0.964. The van der Waals surface area contributed by atoms with Crippen LogP contribution >= 0.6 is 15.9 Å². The molecule has 0 aliphatic rings. The highest BCUT2D eigenvalue weighted by Crippen LogP contribution is 2.39. The van der Waals surface area contributed by atoms with Crippen molar-refractivity contribution in [3.05, 3.63) is 28.2 Å². The lowest BCUT2D eigenvalue weighted by Crippen LogP contribution is -2.17. The molecule has 0 aromatic heterocycles. The molecular formula is C12H17BrO. The maximum Gasteiger partial charge on any atom is 0.123 e. The van der Waals surface area contributed by atoms with Gasteiger partial charge in [-0.25, -0.2) is 0 Å². The van der Waals surface area contributed by atoms with Crippen LogP contribution in [0.5, 0.6) is 5.75 Å². The number of hydrogen-bond acceptors (Lipinski definition) is 1. The lowest BCUT2D eigenvalue weighted by molar-refractivity contribution is 0.388. The van der Waals surface area contributed by atoms with Gasteiger partial charge in [0, 0.05) is 10.0 Å². The summed E-state index contributed by atoms with van der Waals surface area (Å²) < 4.78 is 6.51. The Kier molecular flexibility index (Phi) is 3.59. The van der Waals surface area contributed by atoms with Crippen LogP contribution in [-0.4, -0.2) is 7.11 Å². The van der Waals surface area contributed by atoms with Gasteiger partial charge < -0.3 is 4.74 Å². The minimum absolute atomic E-state index is 0.144. The fraction of sp³-hybridized carbons (Fsp3) is 0.500. The third-order valence-corrected chi connectivity index (χ3v) is 3.42. The predicted octanol–water partition coefficient (Wildman–Crippen LogP) is 4.15. The van der Waals surface area contributed by atoms with Gasteiger partial charge in [0.1, 0.15) is 5.75 Å². The molecule has 0 radical (unpaired) electrons. The van der Waals surface area contributed by atoms with E-state index in [4.69, 9.17) is 4.74 Å². The van der Waals surface area contributed by atoms with Crippen LogP contribution in [0.2, 0.25) is 0 Å². The van der Waals surface area contributed by atoms with E-state index < -0.39 is 0 Å². The van der Waals surface area contributed by atoms with Gasteiger partial charge in [-0.1, -0.05) is 42.8 Å². The van der Waals surface area contributed by atoms with E-state index in [1.165, 1.54) is 5.56 Å². The first-order chi connectivity index (χ1) is 6.53. The number of hydrogen-bond donors (Lipinski definition) is 0. The Bertz CT molecular complexity index is 318. The first-order valence-electron chi connectivity index (χ1n) is 4.86. The van der Waals surface area contributed by atoms with E-state index in [0.717, 1.165) is 16.6 Å². The number of benzene rings is 1. The zero-order valence-electron chi connectivity index (χ0n) is 9.23. The Hall–Kier alpha value is -0.500. The monoisotopic (exact) mass is 256 g/mol. The normalized spacial score (nSPS) is 11.5. The Balaban J connectivity index is 3.30. The van der Waals surface area contributed by atoms with Gasteiger partial charge in [0.05, 0.1) is 7.11 Å².